The Hall–Kier alpha value is -1.00. The predicted octanol–water partition coefficient (Wildman–Crippen LogP) is 3.18. The molecular weight excluding hydrogens is 277 g/mol. The molecule has 78 valence electrons. The third-order valence-corrected chi connectivity index (χ3v) is 3.32. The Morgan fingerprint density at radius 3 is 2.73 bits per heavy atom. The van der Waals surface area contributed by atoms with Crippen LogP contribution in [0.15, 0.2) is 28.9 Å². The number of nitrogens with zero attached hydrogens (tertiary/aromatic N) is 2. The van der Waals surface area contributed by atoms with Gasteiger partial charge in [-0.3, -0.25) is 0 Å². The Morgan fingerprint density at radius 2 is 2.20 bits per heavy atom. The molecule has 0 radical (unpaired) electrons. The van der Waals surface area contributed by atoms with Crippen molar-refractivity contribution in [2.75, 3.05) is 5.73 Å². The molecule has 1 heterocycles. The van der Waals surface area contributed by atoms with Crippen molar-refractivity contribution in [1.29, 1.82) is 0 Å². The Morgan fingerprint density at radius 1 is 1.47 bits per heavy atom. The first-order valence-corrected chi connectivity index (χ1v) is 5.52. The topological polar surface area (TPSA) is 43.8 Å². The van der Waals surface area contributed by atoms with Gasteiger partial charge in [-0.25, -0.2) is 4.68 Å². The number of hydrogen-bond donors (Lipinski definition) is 1. The molecule has 0 atom stereocenters. The molecule has 0 saturated carbocycles. The number of nitrogen functional groups attached to an aromatic ring is 1. The number of anilines is 1. The van der Waals surface area contributed by atoms with E-state index in [4.69, 9.17) is 17.3 Å². The van der Waals surface area contributed by atoms with Crippen LogP contribution in [-0.2, 0) is 0 Å². The molecule has 15 heavy (non-hydrogen) atoms. The molecule has 0 amide bonds. The summed E-state index contributed by atoms with van der Waals surface area (Å²) in [7, 11) is 0. The Kier molecular flexibility index (Phi) is 2.71. The first-order valence-electron chi connectivity index (χ1n) is 4.35. The van der Waals surface area contributed by atoms with E-state index in [0.717, 1.165) is 15.7 Å². The van der Waals surface area contributed by atoms with Crippen LogP contribution >= 0.6 is 27.5 Å². The van der Waals surface area contributed by atoms with Gasteiger partial charge in [0.2, 0.25) is 0 Å². The van der Waals surface area contributed by atoms with E-state index in [2.05, 4.69) is 21.0 Å². The molecule has 0 aliphatic carbocycles. The van der Waals surface area contributed by atoms with E-state index in [1.54, 1.807) is 4.68 Å². The van der Waals surface area contributed by atoms with Gasteiger partial charge in [0, 0.05) is 16.2 Å². The molecule has 2 rings (SSSR count). The highest BCUT2D eigenvalue weighted by molar-refractivity contribution is 9.10. The Labute approximate surface area is 101 Å². The van der Waals surface area contributed by atoms with Crippen molar-refractivity contribution in [2.24, 2.45) is 0 Å². The van der Waals surface area contributed by atoms with E-state index in [0.29, 0.717) is 10.8 Å². The summed E-state index contributed by atoms with van der Waals surface area (Å²) in [5.41, 5.74) is 7.56. The average Bonchev–Trinajstić information content (AvgIpc) is 2.52. The van der Waals surface area contributed by atoms with Crippen molar-refractivity contribution in [1.82, 2.24) is 9.78 Å². The average molecular weight is 287 g/mol. The zero-order valence-electron chi connectivity index (χ0n) is 8.04. The SMILES string of the molecule is Cc1cn(-c2ccc(Cl)c(Br)c2)nc1N. The third kappa shape index (κ3) is 2.01. The minimum atomic E-state index is 0.543. The number of rotatable bonds is 1. The van der Waals surface area contributed by atoms with Crippen LogP contribution in [0.5, 0.6) is 0 Å². The number of hydrogen-bond acceptors (Lipinski definition) is 2. The normalized spacial score (nSPS) is 10.6. The summed E-state index contributed by atoms with van der Waals surface area (Å²) in [6.07, 6.45) is 1.88. The van der Waals surface area contributed by atoms with Crippen molar-refractivity contribution in [3.05, 3.63) is 39.5 Å². The lowest BCUT2D eigenvalue weighted by molar-refractivity contribution is 0.885. The number of benzene rings is 1. The van der Waals surface area contributed by atoms with Crippen molar-refractivity contribution in [3.63, 3.8) is 0 Å². The second-order valence-corrected chi connectivity index (χ2v) is 4.50. The van der Waals surface area contributed by atoms with Crippen molar-refractivity contribution in [3.8, 4) is 5.69 Å². The van der Waals surface area contributed by atoms with E-state index in [-0.39, 0.29) is 0 Å². The first kappa shape index (κ1) is 10.5. The van der Waals surface area contributed by atoms with Crippen LogP contribution in [0.4, 0.5) is 5.82 Å². The lowest BCUT2D eigenvalue weighted by Gasteiger charge is -2.02. The molecule has 0 fully saturated rings. The Bertz CT molecular complexity index is 488. The fraction of sp³-hybridized carbons (Fsp3) is 0.100. The molecule has 0 spiro atoms. The molecule has 1 aromatic heterocycles. The maximum atomic E-state index is 5.90. The van der Waals surface area contributed by atoms with Crippen molar-refractivity contribution < 1.29 is 0 Å². The molecule has 0 saturated heterocycles. The smallest absolute Gasteiger partial charge is 0.148 e. The third-order valence-electron chi connectivity index (χ3n) is 2.10. The van der Waals surface area contributed by atoms with Crippen LogP contribution in [0.1, 0.15) is 5.56 Å². The summed E-state index contributed by atoms with van der Waals surface area (Å²) < 4.78 is 2.57. The van der Waals surface area contributed by atoms with Crippen LogP contribution in [0.25, 0.3) is 5.69 Å². The molecule has 2 N–H and O–H groups in total. The summed E-state index contributed by atoms with van der Waals surface area (Å²) in [5.74, 6) is 0.543. The van der Waals surface area contributed by atoms with Gasteiger partial charge in [0.15, 0.2) is 0 Å². The van der Waals surface area contributed by atoms with Crippen LogP contribution < -0.4 is 5.73 Å². The quantitative estimate of drug-likeness (QED) is 0.875. The minimum absolute atomic E-state index is 0.543. The highest BCUT2D eigenvalue weighted by Gasteiger charge is 2.04. The largest absolute Gasteiger partial charge is 0.382 e. The zero-order chi connectivity index (χ0) is 11.0. The van der Waals surface area contributed by atoms with Crippen LogP contribution in [0.3, 0.4) is 0 Å². The van der Waals surface area contributed by atoms with Crippen molar-refractivity contribution in [2.45, 2.75) is 6.92 Å². The summed E-state index contributed by atoms with van der Waals surface area (Å²) in [6, 6.07) is 5.60. The maximum absolute atomic E-state index is 5.90. The molecule has 0 bridgehead atoms. The van der Waals surface area contributed by atoms with E-state index in [9.17, 15) is 0 Å². The van der Waals surface area contributed by atoms with Crippen LogP contribution in [0, 0.1) is 6.92 Å². The molecule has 1 aromatic carbocycles. The summed E-state index contributed by atoms with van der Waals surface area (Å²) in [5, 5.41) is 4.86. The Balaban J connectivity index is 2.49. The van der Waals surface area contributed by atoms with Crippen LogP contribution in [-0.4, -0.2) is 9.78 Å². The maximum Gasteiger partial charge on any atom is 0.148 e. The van der Waals surface area contributed by atoms with E-state index in [1.807, 2.05) is 31.3 Å². The number of aromatic nitrogens is 2. The van der Waals surface area contributed by atoms with Gasteiger partial charge in [0.25, 0.3) is 0 Å². The van der Waals surface area contributed by atoms with Gasteiger partial charge in [-0.1, -0.05) is 11.6 Å². The van der Waals surface area contributed by atoms with Gasteiger partial charge < -0.3 is 5.73 Å². The van der Waals surface area contributed by atoms with E-state index in [1.165, 1.54) is 0 Å². The zero-order valence-corrected chi connectivity index (χ0v) is 10.4. The minimum Gasteiger partial charge on any atom is -0.382 e. The second-order valence-electron chi connectivity index (χ2n) is 3.24. The number of nitrogens with two attached hydrogens (primary N) is 1. The lowest BCUT2D eigenvalue weighted by atomic mass is 10.3. The van der Waals surface area contributed by atoms with Gasteiger partial charge in [-0.05, 0) is 41.1 Å². The van der Waals surface area contributed by atoms with E-state index < -0.39 is 0 Å². The van der Waals surface area contributed by atoms with Crippen LogP contribution in [0.2, 0.25) is 5.02 Å². The van der Waals surface area contributed by atoms with E-state index >= 15 is 0 Å². The number of halogens is 2. The van der Waals surface area contributed by atoms with Gasteiger partial charge in [-0.15, -0.1) is 0 Å². The van der Waals surface area contributed by atoms with Gasteiger partial charge >= 0.3 is 0 Å². The first-order chi connectivity index (χ1) is 7.08. The monoisotopic (exact) mass is 285 g/mol. The molecule has 0 unspecified atom stereocenters. The fourth-order valence-corrected chi connectivity index (χ4v) is 1.72. The highest BCUT2D eigenvalue weighted by atomic mass is 79.9. The fourth-order valence-electron chi connectivity index (χ4n) is 1.23. The molecular formula is C10H9BrClN3. The van der Waals surface area contributed by atoms with Crippen molar-refractivity contribution >= 4 is 33.3 Å². The predicted molar refractivity (Wildman–Crippen MR) is 65.4 cm³/mol. The molecule has 5 heteroatoms. The summed E-state index contributed by atoms with van der Waals surface area (Å²) in [4.78, 5) is 0. The van der Waals surface area contributed by atoms with Gasteiger partial charge in [0.05, 0.1) is 10.7 Å². The summed E-state index contributed by atoms with van der Waals surface area (Å²) >= 11 is 9.27. The molecule has 2 aromatic rings. The van der Waals surface area contributed by atoms with Gasteiger partial charge in [0.1, 0.15) is 5.82 Å². The molecule has 3 nitrogen and oxygen atoms in total. The summed E-state index contributed by atoms with van der Waals surface area (Å²) in [6.45, 7) is 1.92. The standard InChI is InChI=1S/C10H9BrClN3/c1-6-5-15(14-10(6)13)7-2-3-9(12)8(11)4-7/h2-5H,1H3,(H2,13,14). The second kappa shape index (κ2) is 3.87. The molecule has 0 aliphatic rings. The molecule has 0 aliphatic heterocycles. The lowest BCUT2D eigenvalue weighted by Crippen LogP contribution is -1.96. The highest BCUT2D eigenvalue weighted by Crippen LogP contribution is 2.25. The van der Waals surface area contributed by atoms with Gasteiger partial charge in [-0.2, -0.15) is 5.10 Å². The number of aryl methyl sites for hydroxylation is 1.